The van der Waals surface area contributed by atoms with Crippen molar-refractivity contribution < 1.29 is 9.47 Å². The van der Waals surface area contributed by atoms with Crippen molar-refractivity contribution in [3.8, 4) is 0 Å². The van der Waals surface area contributed by atoms with E-state index in [-0.39, 0.29) is 5.60 Å². The van der Waals surface area contributed by atoms with Gasteiger partial charge in [0.2, 0.25) is 0 Å². The predicted molar refractivity (Wildman–Crippen MR) is 67.1 cm³/mol. The van der Waals surface area contributed by atoms with Crippen LogP contribution in [0.4, 0.5) is 0 Å². The van der Waals surface area contributed by atoms with Gasteiger partial charge in [-0.15, -0.1) is 0 Å². The number of hydrogen-bond donors (Lipinski definition) is 1. The minimum atomic E-state index is 0.256. The van der Waals surface area contributed by atoms with Gasteiger partial charge in [-0.1, -0.05) is 0 Å². The van der Waals surface area contributed by atoms with Crippen LogP contribution in [0, 0.1) is 0 Å². The van der Waals surface area contributed by atoms with Crippen LogP contribution in [0.1, 0.15) is 51.9 Å². The highest BCUT2D eigenvalue weighted by atomic mass is 16.5. The summed E-state index contributed by atoms with van der Waals surface area (Å²) in [5, 5.41) is 3.78. The zero-order valence-electron chi connectivity index (χ0n) is 10.9. The fourth-order valence-corrected chi connectivity index (χ4v) is 3.57. The van der Waals surface area contributed by atoms with Crippen LogP contribution in [-0.2, 0) is 9.47 Å². The standard InChI is InChI=1S/C14H25NO2/c1-11(13-4-2-8-16-13)15-12-5-9-17-14(10-12)6-3-7-14/h11-13,15H,2-10H2,1H3. The van der Waals surface area contributed by atoms with Gasteiger partial charge in [-0.05, 0) is 51.9 Å². The number of nitrogens with one attached hydrogen (secondary N) is 1. The Kier molecular flexibility index (Phi) is 3.42. The lowest BCUT2D eigenvalue weighted by Gasteiger charge is -2.48. The normalized spacial score (nSPS) is 37.9. The summed E-state index contributed by atoms with van der Waals surface area (Å²) in [6, 6.07) is 1.14. The minimum Gasteiger partial charge on any atom is -0.377 e. The highest BCUT2D eigenvalue weighted by Gasteiger charge is 2.43. The van der Waals surface area contributed by atoms with Gasteiger partial charge in [0.1, 0.15) is 0 Å². The van der Waals surface area contributed by atoms with Crippen molar-refractivity contribution in [2.75, 3.05) is 13.2 Å². The number of hydrogen-bond acceptors (Lipinski definition) is 3. The summed E-state index contributed by atoms with van der Waals surface area (Å²) in [7, 11) is 0. The summed E-state index contributed by atoms with van der Waals surface area (Å²) < 4.78 is 11.7. The largest absolute Gasteiger partial charge is 0.377 e. The van der Waals surface area contributed by atoms with Crippen molar-refractivity contribution in [1.82, 2.24) is 5.32 Å². The average Bonchev–Trinajstić information content (AvgIpc) is 2.81. The second-order valence-electron chi connectivity index (χ2n) is 6.08. The molecule has 3 fully saturated rings. The third-order valence-corrected chi connectivity index (χ3v) is 4.78. The third-order valence-electron chi connectivity index (χ3n) is 4.78. The molecule has 98 valence electrons. The van der Waals surface area contributed by atoms with Crippen molar-refractivity contribution in [3.63, 3.8) is 0 Å². The Morgan fingerprint density at radius 2 is 2.06 bits per heavy atom. The van der Waals surface area contributed by atoms with Crippen molar-refractivity contribution >= 4 is 0 Å². The summed E-state index contributed by atoms with van der Waals surface area (Å²) in [5.41, 5.74) is 0.256. The molecule has 3 heteroatoms. The van der Waals surface area contributed by atoms with Crippen LogP contribution in [0.3, 0.4) is 0 Å². The van der Waals surface area contributed by atoms with E-state index in [4.69, 9.17) is 9.47 Å². The topological polar surface area (TPSA) is 30.5 Å². The first kappa shape index (κ1) is 11.9. The maximum atomic E-state index is 5.97. The molecule has 2 heterocycles. The van der Waals surface area contributed by atoms with Crippen LogP contribution >= 0.6 is 0 Å². The molecule has 1 saturated carbocycles. The summed E-state index contributed by atoms with van der Waals surface area (Å²) in [6.07, 6.45) is 9.18. The molecule has 17 heavy (non-hydrogen) atoms. The van der Waals surface area contributed by atoms with Gasteiger partial charge in [-0.25, -0.2) is 0 Å². The molecular weight excluding hydrogens is 214 g/mol. The van der Waals surface area contributed by atoms with Gasteiger partial charge in [0, 0.05) is 25.3 Å². The first-order valence-corrected chi connectivity index (χ1v) is 7.29. The van der Waals surface area contributed by atoms with Crippen LogP contribution in [0.25, 0.3) is 0 Å². The molecule has 3 rings (SSSR count). The molecule has 1 spiro atoms. The van der Waals surface area contributed by atoms with E-state index < -0.39 is 0 Å². The van der Waals surface area contributed by atoms with Crippen molar-refractivity contribution in [1.29, 1.82) is 0 Å². The van der Waals surface area contributed by atoms with Crippen LogP contribution < -0.4 is 5.32 Å². The molecule has 1 aliphatic carbocycles. The highest BCUT2D eigenvalue weighted by molar-refractivity contribution is 4.97. The van der Waals surface area contributed by atoms with Gasteiger partial charge in [-0.3, -0.25) is 0 Å². The van der Waals surface area contributed by atoms with Gasteiger partial charge in [0.15, 0.2) is 0 Å². The molecule has 0 radical (unpaired) electrons. The van der Waals surface area contributed by atoms with E-state index in [1.807, 2.05) is 0 Å². The van der Waals surface area contributed by atoms with Crippen molar-refractivity contribution in [2.24, 2.45) is 0 Å². The number of rotatable bonds is 3. The lowest BCUT2D eigenvalue weighted by atomic mass is 9.74. The Morgan fingerprint density at radius 3 is 2.71 bits per heavy atom. The first-order chi connectivity index (χ1) is 8.27. The number of ether oxygens (including phenoxy) is 2. The third kappa shape index (κ3) is 2.51. The lowest BCUT2D eigenvalue weighted by Crippen LogP contribution is -2.54. The monoisotopic (exact) mass is 239 g/mol. The maximum Gasteiger partial charge on any atom is 0.0726 e. The summed E-state index contributed by atoms with van der Waals surface area (Å²) in [5.74, 6) is 0. The van der Waals surface area contributed by atoms with Crippen molar-refractivity contribution in [2.45, 2.75) is 75.7 Å². The SMILES string of the molecule is CC(NC1CCOC2(CCC2)C1)C1CCCO1. The van der Waals surface area contributed by atoms with E-state index in [1.54, 1.807) is 0 Å². The summed E-state index contributed by atoms with van der Waals surface area (Å²) in [6.45, 7) is 4.17. The van der Waals surface area contributed by atoms with Crippen LogP contribution in [0.5, 0.6) is 0 Å². The molecule has 3 nitrogen and oxygen atoms in total. The molecule has 1 N–H and O–H groups in total. The van der Waals surface area contributed by atoms with Gasteiger partial charge < -0.3 is 14.8 Å². The Labute approximate surface area is 104 Å². The summed E-state index contributed by atoms with van der Waals surface area (Å²) >= 11 is 0. The Hall–Kier alpha value is -0.120. The first-order valence-electron chi connectivity index (χ1n) is 7.29. The fraction of sp³-hybridized carbons (Fsp3) is 1.00. The van der Waals surface area contributed by atoms with Crippen molar-refractivity contribution in [3.05, 3.63) is 0 Å². The zero-order valence-corrected chi connectivity index (χ0v) is 10.9. The van der Waals surface area contributed by atoms with Gasteiger partial charge in [-0.2, -0.15) is 0 Å². The van der Waals surface area contributed by atoms with E-state index in [1.165, 1.54) is 44.9 Å². The quantitative estimate of drug-likeness (QED) is 0.819. The van der Waals surface area contributed by atoms with Crippen LogP contribution in [0.15, 0.2) is 0 Å². The van der Waals surface area contributed by atoms with E-state index in [0.717, 1.165) is 13.2 Å². The second kappa shape index (κ2) is 4.87. The van der Waals surface area contributed by atoms with Gasteiger partial charge >= 0.3 is 0 Å². The predicted octanol–water partition coefficient (Wildman–Crippen LogP) is 2.25. The van der Waals surface area contributed by atoms with Gasteiger partial charge in [0.05, 0.1) is 11.7 Å². The highest BCUT2D eigenvalue weighted by Crippen LogP contribution is 2.42. The molecule has 2 aliphatic heterocycles. The fourth-order valence-electron chi connectivity index (χ4n) is 3.57. The molecule has 0 aromatic rings. The van der Waals surface area contributed by atoms with Crippen LogP contribution in [-0.4, -0.2) is 37.0 Å². The Balaban J connectivity index is 1.50. The molecule has 3 aliphatic rings. The average molecular weight is 239 g/mol. The van der Waals surface area contributed by atoms with E-state index in [0.29, 0.717) is 18.2 Å². The summed E-state index contributed by atoms with van der Waals surface area (Å²) in [4.78, 5) is 0. The Morgan fingerprint density at radius 1 is 1.18 bits per heavy atom. The molecule has 3 atom stereocenters. The smallest absolute Gasteiger partial charge is 0.0726 e. The molecule has 0 aromatic carbocycles. The molecule has 0 aromatic heterocycles. The molecule has 3 unspecified atom stereocenters. The Bertz CT molecular complexity index is 259. The molecule has 0 bridgehead atoms. The van der Waals surface area contributed by atoms with E-state index >= 15 is 0 Å². The van der Waals surface area contributed by atoms with E-state index in [9.17, 15) is 0 Å². The lowest BCUT2D eigenvalue weighted by molar-refractivity contribution is -0.137. The van der Waals surface area contributed by atoms with Crippen LogP contribution in [0.2, 0.25) is 0 Å². The second-order valence-corrected chi connectivity index (χ2v) is 6.08. The molecular formula is C14H25NO2. The maximum absolute atomic E-state index is 5.97. The molecule has 0 amide bonds. The minimum absolute atomic E-state index is 0.256. The van der Waals surface area contributed by atoms with E-state index in [2.05, 4.69) is 12.2 Å². The zero-order chi connectivity index (χ0) is 11.7. The van der Waals surface area contributed by atoms with Gasteiger partial charge in [0.25, 0.3) is 0 Å². The molecule has 2 saturated heterocycles.